The molecule has 28 heavy (non-hydrogen) atoms. The molecule has 3 aromatic rings. The van der Waals surface area contributed by atoms with Gasteiger partial charge in [-0.1, -0.05) is 41.9 Å². The van der Waals surface area contributed by atoms with Gasteiger partial charge in [0, 0.05) is 10.6 Å². The van der Waals surface area contributed by atoms with Crippen molar-refractivity contribution in [2.75, 3.05) is 0 Å². The third-order valence-corrected chi connectivity index (χ3v) is 4.06. The van der Waals surface area contributed by atoms with E-state index in [1.807, 2.05) is 30.3 Å². The molecule has 2 amide bonds. The smallest absolute Gasteiger partial charge is 0.312 e. The molecule has 8 nitrogen and oxygen atoms in total. The van der Waals surface area contributed by atoms with Crippen molar-refractivity contribution in [3.63, 3.8) is 0 Å². The zero-order valence-corrected chi connectivity index (χ0v) is 15.4. The van der Waals surface area contributed by atoms with Gasteiger partial charge in [0.25, 0.3) is 5.89 Å². The Kier molecular flexibility index (Phi) is 6.23. The number of urea groups is 1. The van der Waals surface area contributed by atoms with Gasteiger partial charge in [-0.05, 0) is 29.8 Å². The van der Waals surface area contributed by atoms with Gasteiger partial charge in [0.05, 0.1) is 12.5 Å². The van der Waals surface area contributed by atoms with Crippen molar-refractivity contribution in [2.24, 2.45) is 5.73 Å². The van der Waals surface area contributed by atoms with E-state index in [1.165, 1.54) is 0 Å². The monoisotopic (exact) mass is 400 g/mol. The summed E-state index contributed by atoms with van der Waals surface area (Å²) in [5.41, 5.74) is 6.63. The maximum atomic E-state index is 12.2. The Labute approximate surface area is 165 Å². The number of carbonyl (C=O) groups excluding carboxylic acids is 2. The Morgan fingerprint density at radius 1 is 1.11 bits per heavy atom. The van der Waals surface area contributed by atoms with E-state index in [0.29, 0.717) is 16.5 Å². The van der Waals surface area contributed by atoms with Gasteiger partial charge in [-0.2, -0.15) is 0 Å². The second-order valence-corrected chi connectivity index (χ2v) is 6.28. The number of hydrogen-bond acceptors (Lipinski definition) is 6. The van der Waals surface area contributed by atoms with Crippen LogP contribution in [-0.4, -0.2) is 22.2 Å². The number of nitrogens with two attached hydrogens (primary N) is 1. The number of nitrogens with zero attached hydrogens (tertiary/aromatic N) is 2. The predicted molar refractivity (Wildman–Crippen MR) is 101 cm³/mol. The van der Waals surface area contributed by atoms with Gasteiger partial charge >= 0.3 is 12.0 Å². The van der Waals surface area contributed by atoms with Gasteiger partial charge in [-0.15, -0.1) is 10.2 Å². The summed E-state index contributed by atoms with van der Waals surface area (Å²) < 4.78 is 10.7. The molecule has 0 saturated carbocycles. The zero-order valence-electron chi connectivity index (χ0n) is 14.7. The highest BCUT2D eigenvalue weighted by Gasteiger charge is 2.19. The highest BCUT2D eigenvalue weighted by atomic mass is 35.5. The summed E-state index contributed by atoms with van der Waals surface area (Å²) in [4.78, 5) is 23.4. The fourth-order valence-electron chi connectivity index (χ4n) is 2.50. The summed E-state index contributed by atoms with van der Waals surface area (Å²) in [5.74, 6) is -0.0626. The SMILES string of the molecule is NC(=O)N[C@@H](CC(=O)OCc1nnc(-c2ccccc2)o1)c1ccc(Cl)cc1. The first-order valence-electron chi connectivity index (χ1n) is 8.36. The minimum absolute atomic E-state index is 0.121. The third-order valence-electron chi connectivity index (χ3n) is 3.80. The molecule has 9 heteroatoms. The molecule has 0 fully saturated rings. The molecule has 144 valence electrons. The molecule has 3 N–H and O–H groups in total. The molecule has 3 rings (SSSR count). The van der Waals surface area contributed by atoms with Crippen LogP contribution in [0.5, 0.6) is 0 Å². The van der Waals surface area contributed by atoms with Crippen molar-refractivity contribution >= 4 is 23.6 Å². The third kappa shape index (κ3) is 5.31. The molecule has 0 aliphatic carbocycles. The van der Waals surface area contributed by atoms with E-state index >= 15 is 0 Å². The number of carbonyl (C=O) groups is 2. The molecule has 0 radical (unpaired) electrons. The van der Waals surface area contributed by atoms with Crippen LogP contribution in [0.25, 0.3) is 11.5 Å². The first-order chi connectivity index (χ1) is 13.5. The summed E-state index contributed by atoms with van der Waals surface area (Å²) in [5, 5.41) is 10.8. The van der Waals surface area contributed by atoms with Crippen molar-refractivity contribution in [1.29, 1.82) is 0 Å². The van der Waals surface area contributed by atoms with Gasteiger partial charge < -0.3 is 20.2 Å². The quantitative estimate of drug-likeness (QED) is 0.587. The molecular formula is C19H17ClN4O4. The lowest BCUT2D eigenvalue weighted by Crippen LogP contribution is -2.34. The van der Waals surface area contributed by atoms with Gasteiger partial charge in [0.2, 0.25) is 5.89 Å². The Hall–Kier alpha value is -3.39. The first kappa shape index (κ1) is 19.4. The molecule has 0 saturated heterocycles. The molecule has 0 aliphatic heterocycles. The standard InChI is InChI=1S/C19H17ClN4O4/c20-14-8-6-12(7-9-14)15(22-19(21)26)10-17(25)27-11-16-23-24-18(28-16)13-4-2-1-3-5-13/h1-9,15H,10-11H2,(H3,21,22,26)/t15-/m0/s1. The topological polar surface area (TPSA) is 120 Å². The van der Waals surface area contributed by atoms with Crippen molar-refractivity contribution in [3.05, 3.63) is 71.1 Å². The second kappa shape index (κ2) is 9.01. The lowest BCUT2D eigenvalue weighted by Gasteiger charge is -2.17. The second-order valence-electron chi connectivity index (χ2n) is 5.84. The molecule has 0 aliphatic rings. The molecule has 0 bridgehead atoms. The van der Waals surface area contributed by atoms with E-state index in [4.69, 9.17) is 26.5 Å². The maximum Gasteiger partial charge on any atom is 0.312 e. The highest BCUT2D eigenvalue weighted by molar-refractivity contribution is 6.30. The Morgan fingerprint density at radius 3 is 2.50 bits per heavy atom. The summed E-state index contributed by atoms with van der Waals surface area (Å²) >= 11 is 5.86. The number of amides is 2. The van der Waals surface area contributed by atoms with Crippen LogP contribution in [0.4, 0.5) is 4.79 Å². The summed E-state index contributed by atoms with van der Waals surface area (Å²) in [6.07, 6.45) is -0.121. The molecule has 0 unspecified atom stereocenters. The number of nitrogens with one attached hydrogen (secondary N) is 1. The van der Waals surface area contributed by atoms with E-state index < -0.39 is 18.0 Å². The summed E-state index contributed by atoms with van der Waals surface area (Å²) in [6, 6.07) is 14.5. The van der Waals surface area contributed by atoms with Crippen molar-refractivity contribution < 1.29 is 18.7 Å². The first-order valence-corrected chi connectivity index (χ1v) is 8.74. The number of benzene rings is 2. The number of halogens is 1. The van der Waals surface area contributed by atoms with Crippen LogP contribution < -0.4 is 11.1 Å². The minimum atomic E-state index is -0.753. The maximum absolute atomic E-state index is 12.2. The van der Waals surface area contributed by atoms with E-state index in [1.54, 1.807) is 24.3 Å². The van der Waals surface area contributed by atoms with Crippen molar-refractivity contribution in [3.8, 4) is 11.5 Å². The van der Waals surface area contributed by atoms with Crippen LogP contribution >= 0.6 is 11.6 Å². The zero-order chi connectivity index (χ0) is 19.9. The van der Waals surface area contributed by atoms with Crippen LogP contribution in [0.3, 0.4) is 0 Å². The number of primary amides is 1. The largest absolute Gasteiger partial charge is 0.456 e. The minimum Gasteiger partial charge on any atom is -0.456 e. The lowest BCUT2D eigenvalue weighted by atomic mass is 10.0. The van der Waals surface area contributed by atoms with Gasteiger partial charge in [-0.3, -0.25) is 4.79 Å². The average molecular weight is 401 g/mol. The Morgan fingerprint density at radius 2 is 1.82 bits per heavy atom. The lowest BCUT2D eigenvalue weighted by molar-refractivity contribution is -0.146. The fraction of sp³-hybridized carbons (Fsp3) is 0.158. The summed E-state index contributed by atoms with van der Waals surface area (Å²) in [7, 11) is 0. The van der Waals surface area contributed by atoms with Crippen molar-refractivity contribution in [1.82, 2.24) is 15.5 Å². The number of rotatable bonds is 7. The van der Waals surface area contributed by atoms with Crippen LogP contribution in [0.1, 0.15) is 23.9 Å². The van der Waals surface area contributed by atoms with E-state index in [0.717, 1.165) is 5.56 Å². The molecule has 1 atom stereocenters. The molecule has 2 aromatic carbocycles. The number of hydrogen-bond donors (Lipinski definition) is 2. The van der Waals surface area contributed by atoms with Crippen LogP contribution in [-0.2, 0) is 16.1 Å². The predicted octanol–water partition coefficient (Wildman–Crippen LogP) is 3.23. The summed E-state index contributed by atoms with van der Waals surface area (Å²) in [6.45, 7) is -0.178. The number of aromatic nitrogens is 2. The van der Waals surface area contributed by atoms with Crippen molar-refractivity contribution in [2.45, 2.75) is 19.1 Å². The average Bonchev–Trinajstić information content (AvgIpc) is 3.16. The number of esters is 1. The highest BCUT2D eigenvalue weighted by Crippen LogP contribution is 2.21. The van der Waals surface area contributed by atoms with Crippen LogP contribution in [0.2, 0.25) is 5.02 Å². The van der Waals surface area contributed by atoms with Gasteiger partial charge in [-0.25, -0.2) is 4.79 Å². The number of ether oxygens (including phenoxy) is 1. The van der Waals surface area contributed by atoms with E-state index in [9.17, 15) is 9.59 Å². The van der Waals surface area contributed by atoms with Gasteiger partial charge in [0.15, 0.2) is 6.61 Å². The Bertz CT molecular complexity index is 944. The molecule has 1 heterocycles. The molecular weight excluding hydrogens is 384 g/mol. The normalized spacial score (nSPS) is 11.6. The van der Waals surface area contributed by atoms with E-state index in [2.05, 4.69) is 15.5 Å². The Balaban J connectivity index is 1.59. The van der Waals surface area contributed by atoms with Crippen LogP contribution in [0, 0.1) is 0 Å². The molecule has 1 aromatic heterocycles. The molecule has 0 spiro atoms. The van der Waals surface area contributed by atoms with E-state index in [-0.39, 0.29) is 18.9 Å². The fourth-order valence-corrected chi connectivity index (χ4v) is 2.62. The van der Waals surface area contributed by atoms with Gasteiger partial charge in [0.1, 0.15) is 0 Å². The van der Waals surface area contributed by atoms with Crippen LogP contribution in [0.15, 0.2) is 59.0 Å².